The molecule has 0 aliphatic carbocycles. The number of piperidine rings is 1. The van der Waals surface area contributed by atoms with Crippen LogP contribution in [0, 0.1) is 0 Å². The topological polar surface area (TPSA) is 122 Å². The molecular formula is C8H16N2O5. The number of likely N-dealkylation sites (N-methyl/N-ethyl adjacent to an activating group) is 1. The average Bonchev–Trinajstić information content (AvgIpc) is 2.25. The maximum Gasteiger partial charge on any atom is 0.239 e. The lowest BCUT2D eigenvalue weighted by molar-refractivity contribution is -0.144. The van der Waals surface area contributed by atoms with Gasteiger partial charge in [0.05, 0.1) is 12.6 Å². The Hall–Kier alpha value is -0.730. The predicted octanol–water partition coefficient (Wildman–Crippen LogP) is -3.85. The molecule has 0 spiro atoms. The maximum absolute atomic E-state index is 11.3. The molecule has 0 unspecified atom stereocenters. The molecule has 0 aromatic rings. The van der Waals surface area contributed by atoms with Gasteiger partial charge in [-0.1, -0.05) is 0 Å². The summed E-state index contributed by atoms with van der Waals surface area (Å²) in [6.07, 6.45) is -4.15. The molecule has 0 bridgehead atoms. The molecule has 7 heteroatoms. The zero-order chi connectivity index (χ0) is 11.6. The van der Waals surface area contributed by atoms with Crippen LogP contribution in [0.1, 0.15) is 0 Å². The van der Waals surface area contributed by atoms with E-state index in [1.54, 1.807) is 0 Å². The molecule has 0 aromatic heterocycles. The van der Waals surface area contributed by atoms with Crippen molar-refractivity contribution in [3.63, 3.8) is 0 Å². The summed E-state index contributed by atoms with van der Waals surface area (Å²) < 4.78 is 0. The van der Waals surface area contributed by atoms with Crippen LogP contribution in [0.3, 0.4) is 0 Å². The van der Waals surface area contributed by atoms with Crippen molar-refractivity contribution in [2.75, 3.05) is 13.7 Å². The van der Waals surface area contributed by atoms with Gasteiger partial charge in [0.2, 0.25) is 5.91 Å². The molecule has 0 saturated carbocycles. The molecule has 6 N–H and O–H groups in total. The first-order valence-corrected chi connectivity index (χ1v) is 4.65. The fourth-order valence-corrected chi connectivity index (χ4v) is 1.61. The lowest BCUT2D eigenvalue weighted by Gasteiger charge is -2.39. The number of nitrogens with one attached hydrogen (secondary N) is 2. The van der Waals surface area contributed by atoms with Crippen molar-refractivity contribution in [2.45, 2.75) is 30.4 Å². The van der Waals surface area contributed by atoms with Crippen LogP contribution < -0.4 is 10.6 Å². The summed E-state index contributed by atoms with van der Waals surface area (Å²) in [4.78, 5) is 11.3. The minimum Gasteiger partial charge on any atom is -0.395 e. The number of aliphatic hydroxyl groups is 4. The molecule has 7 nitrogen and oxygen atoms in total. The van der Waals surface area contributed by atoms with Crippen LogP contribution in [0.15, 0.2) is 0 Å². The van der Waals surface area contributed by atoms with Crippen LogP contribution in [-0.4, -0.2) is 70.4 Å². The molecule has 1 rings (SSSR count). The van der Waals surface area contributed by atoms with E-state index in [0.29, 0.717) is 0 Å². The van der Waals surface area contributed by atoms with Gasteiger partial charge in [-0.05, 0) is 0 Å². The highest BCUT2D eigenvalue weighted by atomic mass is 16.4. The Bertz CT molecular complexity index is 235. The molecule has 1 amide bonds. The third-order valence-electron chi connectivity index (χ3n) is 2.57. The molecule has 15 heavy (non-hydrogen) atoms. The van der Waals surface area contributed by atoms with Crippen molar-refractivity contribution in [1.29, 1.82) is 0 Å². The third kappa shape index (κ3) is 2.27. The minimum atomic E-state index is -1.45. The highest BCUT2D eigenvalue weighted by molar-refractivity contribution is 5.82. The first-order valence-electron chi connectivity index (χ1n) is 4.65. The van der Waals surface area contributed by atoms with Gasteiger partial charge in [-0.3, -0.25) is 10.1 Å². The van der Waals surface area contributed by atoms with Crippen LogP contribution in [-0.2, 0) is 4.79 Å². The largest absolute Gasteiger partial charge is 0.395 e. The number of amides is 1. The van der Waals surface area contributed by atoms with E-state index in [1.807, 2.05) is 0 Å². The van der Waals surface area contributed by atoms with Gasteiger partial charge in [0.25, 0.3) is 0 Å². The molecule has 0 radical (unpaired) electrons. The number of aliphatic hydroxyl groups excluding tert-OH is 4. The monoisotopic (exact) mass is 220 g/mol. The maximum atomic E-state index is 11.3. The van der Waals surface area contributed by atoms with Gasteiger partial charge in [0, 0.05) is 7.05 Å². The Kier molecular flexibility index (Phi) is 4.00. The third-order valence-corrected chi connectivity index (χ3v) is 2.57. The highest BCUT2D eigenvalue weighted by Gasteiger charge is 2.44. The van der Waals surface area contributed by atoms with Crippen molar-refractivity contribution < 1.29 is 25.2 Å². The molecule has 1 saturated heterocycles. The van der Waals surface area contributed by atoms with E-state index in [2.05, 4.69) is 10.6 Å². The van der Waals surface area contributed by atoms with Crippen LogP contribution in [0.4, 0.5) is 0 Å². The Morgan fingerprint density at radius 3 is 2.33 bits per heavy atom. The van der Waals surface area contributed by atoms with Gasteiger partial charge in [-0.15, -0.1) is 0 Å². The van der Waals surface area contributed by atoms with Gasteiger partial charge in [0.1, 0.15) is 24.4 Å². The van der Waals surface area contributed by atoms with Crippen LogP contribution in [0.25, 0.3) is 0 Å². The second kappa shape index (κ2) is 4.86. The van der Waals surface area contributed by atoms with Crippen molar-refractivity contribution >= 4 is 5.91 Å². The number of hydrogen-bond donors (Lipinski definition) is 6. The lowest BCUT2D eigenvalue weighted by atomic mass is 9.90. The predicted molar refractivity (Wildman–Crippen MR) is 49.9 cm³/mol. The highest BCUT2D eigenvalue weighted by Crippen LogP contribution is 2.15. The Morgan fingerprint density at radius 2 is 1.87 bits per heavy atom. The molecule has 1 fully saturated rings. The number of carbonyl (C=O) groups is 1. The molecule has 0 aromatic carbocycles. The van der Waals surface area contributed by atoms with E-state index in [1.165, 1.54) is 7.05 Å². The summed E-state index contributed by atoms with van der Waals surface area (Å²) in [6, 6.07) is -1.86. The number of carbonyl (C=O) groups excluding carboxylic acids is 1. The summed E-state index contributed by atoms with van der Waals surface area (Å²) in [7, 11) is 1.39. The first-order chi connectivity index (χ1) is 7.02. The van der Waals surface area contributed by atoms with Crippen molar-refractivity contribution in [2.24, 2.45) is 0 Å². The second-order valence-corrected chi connectivity index (χ2v) is 3.52. The van der Waals surface area contributed by atoms with Crippen molar-refractivity contribution in [3.8, 4) is 0 Å². The molecular weight excluding hydrogens is 204 g/mol. The van der Waals surface area contributed by atoms with E-state index < -0.39 is 42.9 Å². The fourth-order valence-electron chi connectivity index (χ4n) is 1.61. The van der Waals surface area contributed by atoms with E-state index in [4.69, 9.17) is 5.11 Å². The molecule has 1 heterocycles. The van der Waals surface area contributed by atoms with Gasteiger partial charge >= 0.3 is 0 Å². The number of hydrogen-bond acceptors (Lipinski definition) is 6. The first kappa shape index (κ1) is 12.3. The molecule has 1 aliphatic rings. The summed E-state index contributed by atoms with van der Waals surface area (Å²) in [6.45, 7) is -0.432. The van der Waals surface area contributed by atoms with E-state index in [9.17, 15) is 20.1 Å². The Morgan fingerprint density at radius 1 is 1.27 bits per heavy atom. The molecule has 88 valence electrons. The van der Waals surface area contributed by atoms with Gasteiger partial charge < -0.3 is 25.7 Å². The fraction of sp³-hybridized carbons (Fsp3) is 0.875. The Labute approximate surface area is 86.7 Å². The number of rotatable bonds is 2. The van der Waals surface area contributed by atoms with Gasteiger partial charge in [0.15, 0.2) is 0 Å². The summed E-state index contributed by atoms with van der Waals surface area (Å²) in [5.74, 6) is -0.508. The summed E-state index contributed by atoms with van der Waals surface area (Å²) >= 11 is 0. The summed E-state index contributed by atoms with van der Waals surface area (Å²) in [5.41, 5.74) is 0. The van der Waals surface area contributed by atoms with Crippen LogP contribution >= 0.6 is 0 Å². The second-order valence-electron chi connectivity index (χ2n) is 3.52. The molecule has 5 atom stereocenters. The van der Waals surface area contributed by atoms with Gasteiger partial charge in [-0.2, -0.15) is 0 Å². The van der Waals surface area contributed by atoms with Crippen molar-refractivity contribution in [1.82, 2.24) is 10.6 Å². The van der Waals surface area contributed by atoms with Crippen LogP contribution in [0.5, 0.6) is 0 Å². The van der Waals surface area contributed by atoms with Crippen molar-refractivity contribution in [3.05, 3.63) is 0 Å². The quantitative estimate of drug-likeness (QED) is 0.283. The standard InChI is InChI=1S/C8H16N2O5/c1-9-8(15)4-6(13)7(14)5(12)3(2-11)10-4/h3-7,10-14H,2H2,1H3,(H,9,15)/t3-,4-,5-,6-,7+/m1/s1. The average molecular weight is 220 g/mol. The SMILES string of the molecule is CNC(=O)[C@@H]1N[C@H](CO)[C@@H](O)[C@H](O)[C@@H]1O. The minimum absolute atomic E-state index is 0.432. The smallest absolute Gasteiger partial charge is 0.239 e. The van der Waals surface area contributed by atoms with E-state index >= 15 is 0 Å². The van der Waals surface area contributed by atoms with E-state index in [-0.39, 0.29) is 0 Å². The zero-order valence-electron chi connectivity index (χ0n) is 8.29. The Balaban J connectivity index is 2.78. The molecule has 1 aliphatic heterocycles. The zero-order valence-corrected chi connectivity index (χ0v) is 8.29. The van der Waals surface area contributed by atoms with Crippen LogP contribution in [0.2, 0.25) is 0 Å². The lowest BCUT2D eigenvalue weighted by Crippen LogP contribution is -2.69. The van der Waals surface area contributed by atoms with E-state index in [0.717, 1.165) is 0 Å². The van der Waals surface area contributed by atoms with Gasteiger partial charge in [-0.25, -0.2) is 0 Å². The summed E-state index contributed by atoms with van der Waals surface area (Å²) in [5, 5.41) is 42.1. The normalized spacial score (nSPS) is 41.3.